The minimum absolute atomic E-state index is 0.157. The molecule has 0 bridgehead atoms. The van der Waals surface area contributed by atoms with Crippen LogP contribution in [0.4, 0.5) is 0 Å². The van der Waals surface area contributed by atoms with Crippen LogP contribution in [0.5, 0.6) is 0 Å². The first kappa shape index (κ1) is 11.6. The maximum atomic E-state index is 11.0. The molecule has 1 aromatic carbocycles. The van der Waals surface area contributed by atoms with Crippen LogP contribution in [0.3, 0.4) is 0 Å². The largest absolute Gasteiger partial charge is 0.481 e. The van der Waals surface area contributed by atoms with Gasteiger partial charge in [0.05, 0.1) is 17.0 Å². The second-order valence-corrected chi connectivity index (χ2v) is 5.97. The Morgan fingerprint density at radius 1 is 1.50 bits per heavy atom. The number of hydrogen-bond acceptors (Lipinski definition) is 3. The van der Waals surface area contributed by atoms with Crippen LogP contribution in [0, 0.1) is 12.8 Å². The number of aromatic nitrogens is 2. The third-order valence-electron chi connectivity index (χ3n) is 3.41. The average Bonchev–Trinajstić information content (AvgIpc) is 2.65. The van der Waals surface area contributed by atoms with E-state index in [1.54, 1.807) is 11.8 Å². The Kier molecular flexibility index (Phi) is 2.78. The van der Waals surface area contributed by atoms with E-state index < -0.39 is 5.97 Å². The van der Waals surface area contributed by atoms with E-state index in [0.717, 1.165) is 29.0 Å². The Morgan fingerprint density at radius 2 is 2.33 bits per heavy atom. The number of benzene rings is 1. The van der Waals surface area contributed by atoms with Gasteiger partial charge in [-0.05, 0) is 37.5 Å². The number of carboxylic acids is 1. The van der Waals surface area contributed by atoms with Crippen molar-refractivity contribution in [3.8, 4) is 0 Å². The molecular weight excluding hydrogens is 248 g/mol. The fraction of sp³-hybridized carbons (Fsp3) is 0.385. The number of thioether (sulfide) groups is 1. The summed E-state index contributed by atoms with van der Waals surface area (Å²) < 4.78 is 0. The summed E-state index contributed by atoms with van der Waals surface area (Å²) in [5.41, 5.74) is 3.15. The van der Waals surface area contributed by atoms with Gasteiger partial charge in [0.15, 0.2) is 5.16 Å². The van der Waals surface area contributed by atoms with Gasteiger partial charge in [-0.25, -0.2) is 4.98 Å². The van der Waals surface area contributed by atoms with E-state index in [-0.39, 0.29) is 11.2 Å². The molecule has 2 aromatic rings. The van der Waals surface area contributed by atoms with E-state index in [4.69, 9.17) is 5.11 Å². The van der Waals surface area contributed by atoms with E-state index in [9.17, 15) is 4.79 Å². The molecular formula is C13H14N2O2S. The van der Waals surface area contributed by atoms with Gasteiger partial charge in [0.2, 0.25) is 0 Å². The predicted octanol–water partition coefficient (Wildman–Crippen LogP) is 2.83. The lowest BCUT2D eigenvalue weighted by Crippen LogP contribution is -2.35. The van der Waals surface area contributed by atoms with Gasteiger partial charge in [-0.15, -0.1) is 0 Å². The Balaban J connectivity index is 1.81. The van der Waals surface area contributed by atoms with Gasteiger partial charge in [0.1, 0.15) is 0 Å². The van der Waals surface area contributed by atoms with E-state index in [1.165, 1.54) is 5.56 Å². The van der Waals surface area contributed by atoms with Crippen molar-refractivity contribution in [2.24, 2.45) is 5.92 Å². The molecule has 3 rings (SSSR count). The van der Waals surface area contributed by atoms with Crippen molar-refractivity contribution in [3.63, 3.8) is 0 Å². The molecule has 0 aliphatic heterocycles. The second-order valence-electron chi connectivity index (χ2n) is 4.74. The Morgan fingerprint density at radius 3 is 3.00 bits per heavy atom. The van der Waals surface area contributed by atoms with Crippen LogP contribution in [0.25, 0.3) is 11.0 Å². The minimum Gasteiger partial charge on any atom is -0.481 e. The lowest BCUT2D eigenvalue weighted by molar-refractivity contribution is -0.144. The summed E-state index contributed by atoms with van der Waals surface area (Å²) in [7, 11) is 0. The molecule has 1 fully saturated rings. The normalized spacial score (nSPS) is 22.9. The molecule has 2 atom stereocenters. The van der Waals surface area contributed by atoms with Crippen LogP contribution in [-0.2, 0) is 4.79 Å². The highest BCUT2D eigenvalue weighted by Crippen LogP contribution is 2.40. The summed E-state index contributed by atoms with van der Waals surface area (Å²) >= 11 is 1.55. The minimum atomic E-state index is -0.689. The van der Waals surface area contributed by atoms with Gasteiger partial charge >= 0.3 is 5.97 Å². The molecule has 4 nitrogen and oxygen atoms in total. The second kappa shape index (κ2) is 4.31. The van der Waals surface area contributed by atoms with E-state index >= 15 is 0 Å². The van der Waals surface area contributed by atoms with Gasteiger partial charge in [0, 0.05) is 5.25 Å². The van der Waals surface area contributed by atoms with Gasteiger partial charge in [-0.2, -0.15) is 0 Å². The van der Waals surface area contributed by atoms with E-state index in [1.807, 2.05) is 19.1 Å². The smallest absolute Gasteiger partial charge is 0.307 e. The molecule has 1 aliphatic rings. The van der Waals surface area contributed by atoms with Crippen molar-refractivity contribution in [2.75, 3.05) is 0 Å². The van der Waals surface area contributed by atoms with Crippen LogP contribution in [0.15, 0.2) is 23.4 Å². The monoisotopic (exact) mass is 262 g/mol. The highest BCUT2D eigenvalue weighted by Gasteiger charge is 2.37. The van der Waals surface area contributed by atoms with Crippen molar-refractivity contribution in [1.82, 2.24) is 9.97 Å². The fourth-order valence-electron chi connectivity index (χ4n) is 2.19. The Bertz CT molecular complexity index is 608. The predicted molar refractivity (Wildman–Crippen MR) is 70.8 cm³/mol. The number of nitrogens with one attached hydrogen (secondary N) is 1. The summed E-state index contributed by atoms with van der Waals surface area (Å²) in [6.45, 7) is 2.04. The van der Waals surface area contributed by atoms with Gasteiger partial charge in [0.25, 0.3) is 0 Å². The average molecular weight is 262 g/mol. The number of fused-ring (bicyclic) bond motifs is 1. The van der Waals surface area contributed by atoms with E-state index in [2.05, 4.69) is 16.0 Å². The molecule has 94 valence electrons. The molecule has 0 saturated heterocycles. The molecule has 2 N–H and O–H groups in total. The number of aromatic amines is 1. The summed E-state index contributed by atoms with van der Waals surface area (Å²) in [6.07, 6.45) is 1.74. The van der Waals surface area contributed by atoms with Crippen molar-refractivity contribution in [2.45, 2.75) is 30.2 Å². The van der Waals surface area contributed by atoms with Gasteiger partial charge < -0.3 is 10.1 Å². The highest BCUT2D eigenvalue weighted by atomic mass is 32.2. The Labute approximate surface area is 109 Å². The summed E-state index contributed by atoms with van der Waals surface area (Å²) in [5, 5.41) is 10.00. The zero-order valence-corrected chi connectivity index (χ0v) is 10.8. The van der Waals surface area contributed by atoms with Gasteiger partial charge in [-0.1, -0.05) is 17.8 Å². The topological polar surface area (TPSA) is 66.0 Å². The van der Waals surface area contributed by atoms with Crippen LogP contribution in [0.1, 0.15) is 18.4 Å². The molecule has 5 heteroatoms. The first-order valence-corrected chi connectivity index (χ1v) is 6.87. The third kappa shape index (κ3) is 1.99. The number of carbonyl (C=O) groups is 1. The lowest BCUT2D eigenvalue weighted by Gasteiger charge is -2.31. The number of rotatable bonds is 3. The molecule has 2 unspecified atom stereocenters. The zero-order chi connectivity index (χ0) is 12.7. The highest BCUT2D eigenvalue weighted by molar-refractivity contribution is 7.99. The number of nitrogens with zero attached hydrogens (tertiary/aromatic N) is 1. The maximum Gasteiger partial charge on any atom is 0.307 e. The van der Waals surface area contributed by atoms with Crippen molar-refractivity contribution in [3.05, 3.63) is 23.8 Å². The number of aryl methyl sites for hydroxylation is 1. The molecule has 0 amide bonds. The number of carboxylic acid groups (broad SMARTS) is 1. The summed E-state index contributed by atoms with van der Waals surface area (Å²) in [5.74, 6) is -0.907. The number of H-pyrrole nitrogens is 1. The molecule has 18 heavy (non-hydrogen) atoms. The quantitative estimate of drug-likeness (QED) is 0.892. The summed E-state index contributed by atoms with van der Waals surface area (Å²) in [4.78, 5) is 18.7. The molecule has 1 heterocycles. The molecule has 0 spiro atoms. The maximum absolute atomic E-state index is 11.0. The lowest BCUT2D eigenvalue weighted by atomic mass is 9.85. The van der Waals surface area contributed by atoms with Crippen molar-refractivity contribution >= 4 is 28.8 Å². The van der Waals surface area contributed by atoms with Crippen LogP contribution >= 0.6 is 11.8 Å². The van der Waals surface area contributed by atoms with Crippen LogP contribution in [-0.4, -0.2) is 26.3 Å². The number of aliphatic carboxylic acids is 1. The van der Waals surface area contributed by atoms with E-state index in [0.29, 0.717) is 0 Å². The van der Waals surface area contributed by atoms with Crippen molar-refractivity contribution in [1.29, 1.82) is 0 Å². The first-order chi connectivity index (χ1) is 8.63. The number of imidazole rings is 1. The number of hydrogen-bond donors (Lipinski definition) is 2. The summed E-state index contributed by atoms with van der Waals surface area (Å²) in [6, 6.07) is 6.07. The molecule has 1 aliphatic carbocycles. The third-order valence-corrected chi connectivity index (χ3v) is 4.69. The van der Waals surface area contributed by atoms with Crippen LogP contribution < -0.4 is 0 Å². The SMILES string of the molecule is Cc1ccc2nc(SC3CCC3C(=O)O)[nH]c2c1. The van der Waals surface area contributed by atoms with Gasteiger partial charge in [-0.3, -0.25) is 4.79 Å². The van der Waals surface area contributed by atoms with Crippen molar-refractivity contribution < 1.29 is 9.90 Å². The van der Waals surface area contributed by atoms with Crippen LogP contribution in [0.2, 0.25) is 0 Å². The standard InChI is InChI=1S/C13H14N2O2S/c1-7-2-4-9-10(6-7)15-13(14-9)18-11-5-3-8(11)12(16)17/h2,4,6,8,11H,3,5H2,1H3,(H,14,15)(H,16,17). The molecule has 1 saturated carbocycles. The fourth-order valence-corrected chi connectivity index (χ4v) is 3.47. The Hall–Kier alpha value is -1.49. The first-order valence-electron chi connectivity index (χ1n) is 5.99. The zero-order valence-electron chi connectivity index (χ0n) is 10.0. The molecule has 1 aromatic heterocycles. The molecule has 0 radical (unpaired) electrons.